The van der Waals surface area contributed by atoms with Gasteiger partial charge in [0.05, 0.1) is 10.8 Å². The Hall–Kier alpha value is -0.0300. The van der Waals surface area contributed by atoms with Gasteiger partial charge >= 0.3 is 0 Å². The molecule has 0 aliphatic carbocycles. The van der Waals surface area contributed by atoms with Crippen molar-refractivity contribution in [2.24, 2.45) is 0 Å². The Morgan fingerprint density at radius 2 is 2.00 bits per heavy atom. The highest BCUT2D eigenvalue weighted by Gasteiger charge is 2.22. The van der Waals surface area contributed by atoms with Gasteiger partial charge in [0.1, 0.15) is 5.15 Å². The number of thiazole rings is 1. The lowest BCUT2D eigenvalue weighted by atomic mass is 10.2. The molecule has 1 aliphatic rings. The number of hydrogen-bond acceptors (Lipinski definition) is 4. The second-order valence-corrected chi connectivity index (χ2v) is 6.31. The molecular weight excluding hydrogens is 289 g/mol. The van der Waals surface area contributed by atoms with Crippen molar-refractivity contribution in [1.82, 2.24) is 9.88 Å². The van der Waals surface area contributed by atoms with E-state index in [1.54, 1.807) is 11.3 Å². The molecule has 2 rings (SSSR count). The van der Waals surface area contributed by atoms with E-state index < -0.39 is 0 Å². The maximum atomic E-state index is 6.04. The van der Waals surface area contributed by atoms with Gasteiger partial charge in [-0.15, -0.1) is 11.6 Å². The first-order chi connectivity index (χ1) is 8.65. The molecular formula is C12H19Cl2N3S. The topological polar surface area (TPSA) is 19.4 Å². The second-order valence-electron chi connectivity index (χ2n) is 4.62. The van der Waals surface area contributed by atoms with Crippen molar-refractivity contribution in [3.63, 3.8) is 0 Å². The molecule has 0 amide bonds. The van der Waals surface area contributed by atoms with Crippen molar-refractivity contribution in [2.75, 3.05) is 31.1 Å². The third kappa shape index (κ3) is 3.10. The predicted octanol–water partition coefficient (Wildman–Crippen LogP) is 3.46. The quantitative estimate of drug-likeness (QED) is 0.794. The number of anilines is 1. The van der Waals surface area contributed by atoms with Crippen LogP contribution in [0.3, 0.4) is 0 Å². The van der Waals surface area contributed by atoms with Crippen molar-refractivity contribution >= 4 is 39.7 Å². The molecule has 102 valence electrons. The van der Waals surface area contributed by atoms with Gasteiger partial charge in [-0.05, 0) is 13.3 Å². The standard InChI is InChI=1S/C12H19Cl2N3S/c1-3-9(2)16-4-6-17(7-5-16)12-15-11(14)10(8-13)18-12/h9H,3-8H2,1-2H3. The minimum Gasteiger partial charge on any atom is -0.345 e. The van der Waals surface area contributed by atoms with E-state index in [-0.39, 0.29) is 0 Å². The van der Waals surface area contributed by atoms with Crippen LogP contribution in [-0.2, 0) is 5.88 Å². The van der Waals surface area contributed by atoms with Crippen molar-refractivity contribution in [3.8, 4) is 0 Å². The fourth-order valence-electron chi connectivity index (χ4n) is 2.15. The zero-order valence-electron chi connectivity index (χ0n) is 10.8. The summed E-state index contributed by atoms with van der Waals surface area (Å²) in [6.45, 7) is 8.78. The van der Waals surface area contributed by atoms with Gasteiger partial charge in [-0.25, -0.2) is 4.98 Å². The normalized spacial score (nSPS) is 19.2. The SMILES string of the molecule is CCC(C)N1CCN(c2nc(Cl)c(CCl)s2)CC1. The first kappa shape index (κ1) is 14.4. The highest BCUT2D eigenvalue weighted by atomic mass is 35.5. The fraction of sp³-hybridized carbons (Fsp3) is 0.750. The van der Waals surface area contributed by atoms with Crippen molar-refractivity contribution < 1.29 is 0 Å². The number of alkyl halides is 1. The van der Waals surface area contributed by atoms with E-state index in [2.05, 4.69) is 28.6 Å². The van der Waals surface area contributed by atoms with Gasteiger partial charge in [0.15, 0.2) is 5.13 Å². The van der Waals surface area contributed by atoms with Crippen LogP contribution < -0.4 is 4.90 Å². The van der Waals surface area contributed by atoms with Crippen molar-refractivity contribution in [2.45, 2.75) is 32.2 Å². The highest BCUT2D eigenvalue weighted by Crippen LogP contribution is 2.31. The number of aromatic nitrogens is 1. The van der Waals surface area contributed by atoms with Gasteiger partial charge in [-0.2, -0.15) is 0 Å². The minimum absolute atomic E-state index is 0.448. The summed E-state index contributed by atoms with van der Waals surface area (Å²) in [5, 5.41) is 1.58. The lowest BCUT2D eigenvalue weighted by Gasteiger charge is -2.37. The van der Waals surface area contributed by atoms with Crippen LogP contribution in [-0.4, -0.2) is 42.1 Å². The molecule has 3 nitrogen and oxygen atoms in total. The largest absolute Gasteiger partial charge is 0.345 e. The minimum atomic E-state index is 0.448. The van der Waals surface area contributed by atoms with Gasteiger partial charge in [-0.3, -0.25) is 4.90 Å². The Bertz CT molecular complexity index is 389. The summed E-state index contributed by atoms with van der Waals surface area (Å²) in [7, 11) is 0. The zero-order valence-corrected chi connectivity index (χ0v) is 13.2. The van der Waals surface area contributed by atoms with Crippen LogP contribution in [0.2, 0.25) is 5.15 Å². The van der Waals surface area contributed by atoms with E-state index in [0.717, 1.165) is 36.2 Å². The summed E-state index contributed by atoms with van der Waals surface area (Å²) in [4.78, 5) is 10.2. The van der Waals surface area contributed by atoms with E-state index >= 15 is 0 Å². The molecule has 0 N–H and O–H groups in total. The molecule has 1 unspecified atom stereocenters. The first-order valence-corrected chi connectivity index (χ1v) is 8.08. The fourth-order valence-corrected chi connectivity index (χ4v) is 3.68. The van der Waals surface area contributed by atoms with Crippen LogP contribution in [0.15, 0.2) is 0 Å². The molecule has 0 radical (unpaired) electrons. The highest BCUT2D eigenvalue weighted by molar-refractivity contribution is 7.16. The van der Waals surface area contributed by atoms with E-state index in [1.165, 1.54) is 6.42 Å². The summed E-state index contributed by atoms with van der Waals surface area (Å²) in [6, 6.07) is 0.672. The summed E-state index contributed by atoms with van der Waals surface area (Å²) >= 11 is 13.5. The van der Waals surface area contributed by atoms with Gasteiger partial charge in [0, 0.05) is 32.2 Å². The molecule has 6 heteroatoms. The zero-order chi connectivity index (χ0) is 13.1. The third-order valence-electron chi connectivity index (χ3n) is 3.56. The Morgan fingerprint density at radius 1 is 1.33 bits per heavy atom. The van der Waals surface area contributed by atoms with Crippen LogP contribution in [0.4, 0.5) is 5.13 Å². The first-order valence-electron chi connectivity index (χ1n) is 6.35. The van der Waals surface area contributed by atoms with Crippen molar-refractivity contribution in [3.05, 3.63) is 10.0 Å². The van der Waals surface area contributed by atoms with Crippen LogP contribution in [0.5, 0.6) is 0 Å². The van der Waals surface area contributed by atoms with Gasteiger partial charge in [-0.1, -0.05) is 29.9 Å². The summed E-state index contributed by atoms with van der Waals surface area (Å²) in [5.41, 5.74) is 0. The molecule has 0 aromatic carbocycles. The number of rotatable bonds is 4. The molecule has 0 saturated carbocycles. The molecule has 1 fully saturated rings. The monoisotopic (exact) mass is 307 g/mol. The van der Waals surface area contributed by atoms with Gasteiger partial charge < -0.3 is 4.90 Å². The summed E-state index contributed by atoms with van der Waals surface area (Å²) in [6.07, 6.45) is 1.21. The molecule has 1 saturated heterocycles. The Labute approximate surface area is 123 Å². The average Bonchev–Trinajstić information content (AvgIpc) is 2.79. The lowest BCUT2D eigenvalue weighted by molar-refractivity contribution is 0.193. The lowest BCUT2D eigenvalue weighted by Crippen LogP contribution is -2.49. The molecule has 1 aromatic heterocycles. The molecule has 1 aliphatic heterocycles. The van der Waals surface area contributed by atoms with E-state index in [9.17, 15) is 0 Å². The van der Waals surface area contributed by atoms with Crippen LogP contribution in [0.1, 0.15) is 25.1 Å². The predicted molar refractivity (Wildman–Crippen MR) is 80.2 cm³/mol. The third-order valence-corrected chi connectivity index (χ3v) is 5.53. The van der Waals surface area contributed by atoms with Crippen LogP contribution >= 0.6 is 34.5 Å². The van der Waals surface area contributed by atoms with Crippen LogP contribution in [0.25, 0.3) is 0 Å². The average molecular weight is 308 g/mol. The number of hydrogen-bond donors (Lipinski definition) is 0. The maximum Gasteiger partial charge on any atom is 0.187 e. The number of nitrogens with zero attached hydrogens (tertiary/aromatic N) is 3. The summed E-state index contributed by atoms with van der Waals surface area (Å²) in [5.74, 6) is 0.448. The summed E-state index contributed by atoms with van der Waals surface area (Å²) < 4.78 is 0. The second kappa shape index (κ2) is 6.42. The van der Waals surface area contributed by atoms with Crippen molar-refractivity contribution in [1.29, 1.82) is 0 Å². The molecule has 1 atom stereocenters. The smallest absolute Gasteiger partial charge is 0.187 e. The number of piperazine rings is 1. The van der Waals surface area contributed by atoms with E-state index in [4.69, 9.17) is 23.2 Å². The molecule has 0 bridgehead atoms. The molecule has 2 heterocycles. The van der Waals surface area contributed by atoms with E-state index in [0.29, 0.717) is 17.1 Å². The molecule has 0 spiro atoms. The van der Waals surface area contributed by atoms with Gasteiger partial charge in [0.25, 0.3) is 0 Å². The van der Waals surface area contributed by atoms with E-state index in [1.807, 2.05) is 0 Å². The molecule has 18 heavy (non-hydrogen) atoms. The Balaban J connectivity index is 1.96. The Morgan fingerprint density at radius 3 is 2.50 bits per heavy atom. The maximum absolute atomic E-state index is 6.04. The number of halogens is 2. The van der Waals surface area contributed by atoms with Gasteiger partial charge in [0.2, 0.25) is 0 Å². The van der Waals surface area contributed by atoms with Crippen LogP contribution in [0, 0.1) is 0 Å². The Kier molecular flexibility index (Phi) is 5.13. The molecule has 1 aromatic rings.